The minimum Gasteiger partial charge on any atom is -0.380 e. The highest BCUT2D eigenvalue weighted by Gasteiger charge is 2.07. The molecule has 0 fully saturated rings. The quantitative estimate of drug-likeness (QED) is 0.845. The molecule has 1 aromatic rings. The molecule has 1 unspecified atom stereocenters. The molecular weight excluding hydrogens is 272 g/mol. The van der Waals surface area contributed by atoms with Crippen LogP contribution in [0.4, 0.5) is 5.69 Å². The Bertz CT molecular complexity index is 294. The van der Waals surface area contributed by atoms with Crippen molar-refractivity contribution >= 4 is 33.4 Å². The number of nitrogens with two attached hydrogens (primary N) is 1. The van der Waals surface area contributed by atoms with Gasteiger partial charge in [-0.15, -0.1) is 0 Å². The van der Waals surface area contributed by atoms with Crippen LogP contribution in [0.15, 0.2) is 28.7 Å². The maximum absolute atomic E-state index is 5.72. The van der Waals surface area contributed by atoms with Crippen molar-refractivity contribution in [1.82, 2.24) is 0 Å². The predicted molar refractivity (Wildman–Crippen MR) is 73.6 cm³/mol. The van der Waals surface area contributed by atoms with Crippen molar-refractivity contribution in [2.75, 3.05) is 23.9 Å². The number of benzene rings is 1. The van der Waals surface area contributed by atoms with Gasteiger partial charge in [0.2, 0.25) is 0 Å². The highest BCUT2D eigenvalue weighted by molar-refractivity contribution is 9.10. The van der Waals surface area contributed by atoms with Crippen molar-refractivity contribution < 1.29 is 0 Å². The molecule has 1 atom stereocenters. The number of nitrogens with one attached hydrogen (secondary N) is 1. The third kappa shape index (κ3) is 4.45. The molecule has 0 saturated heterocycles. The summed E-state index contributed by atoms with van der Waals surface area (Å²) in [4.78, 5) is 0. The Morgan fingerprint density at radius 3 is 2.80 bits per heavy atom. The average molecular weight is 289 g/mol. The lowest BCUT2D eigenvalue weighted by Crippen LogP contribution is -2.29. The number of hydrogen-bond acceptors (Lipinski definition) is 3. The summed E-state index contributed by atoms with van der Waals surface area (Å²) in [6.07, 6.45) is 3.21. The standard InChI is InChI=1S/C11H17BrN2S/c1-15-7-6-9(8-13)14-11-5-3-2-4-10(11)12/h2-5,9,14H,6-8,13H2,1H3. The lowest BCUT2D eigenvalue weighted by molar-refractivity contribution is 0.709. The van der Waals surface area contributed by atoms with Gasteiger partial charge >= 0.3 is 0 Å². The number of anilines is 1. The molecule has 0 radical (unpaired) electrons. The van der Waals surface area contributed by atoms with Crippen LogP contribution in [0.5, 0.6) is 0 Å². The molecule has 0 saturated carbocycles. The summed E-state index contributed by atoms with van der Waals surface area (Å²) >= 11 is 5.37. The van der Waals surface area contributed by atoms with Gasteiger partial charge in [-0.1, -0.05) is 12.1 Å². The van der Waals surface area contributed by atoms with Gasteiger partial charge in [0.1, 0.15) is 0 Å². The zero-order valence-corrected chi connectivity index (χ0v) is 11.3. The molecule has 0 heterocycles. The molecule has 1 aromatic carbocycles. The number of halogens is 1. The van der Waals surface area contributed by atoms with Crippen LogP contribution in [0.25, 0.3) is 0 Å². The van der Waals surface area contributed by atoms with E-state index in [9.17, 15) is 0 Å². The largest absolute Gasteiger partial charge is 0.380 e. The molecule has 84 valence electrons. The normalized spacial score (nSPS) is 12.5. The van der Waals surface area contributed by atoms with E-state index in [0.29, 0.717) is 12.6 Å². The van der Waals surface area contributed by atoms with Crippen LogP contribution >= 0.6 is 27.7 Å². The molecule has 0 amide bonds. The van der Waals surface area contributed by atoms with Crippen molar-refractivity contribution in [3.05, 3.63) is 28.7 Å². The van der Waals surface area contributed by atoms with Crippen molar-refractivity contribution in [3.8, 4) is 0 Å². The van der Waals surface area contributed by atoms with Crippen LogP contribution in [0.3, 0.4) is 0 Å². The third-order valence-corrected chi connectivity index (χ3v) is 3.52. The van der Waals surface area contributed by atoms with Crippen LogP contribution < -0.4 is 11.1 Å². The monoisotopic (exact) mass is 288 g/mol. The maximum Gasteiger partial charge on any atom is 0.0487 e. The van der Waals surface area contributed by atoms with E-state index >= 15 is 0 Å². The van der Waals surface area contributed by atoms with Crippen molar-refractivity contribution in [1.29, 1.82) is 0 Å². The summed E-state index contributed by atoms with van der Waals surface area (Å²) in [6, 6.07) is 8.48. The summed E-state index contributed by atoms with van der Waals surface area (Å²) < 4.78 is 1.09. The van der Waals surface area contributed by atoms with Crippen molar-refractivity contribution in [2.45, 2.75) is 12.5 Å². The van der Waals surface area contributed by atoms with Gasteiger partial charge in [0, 0.05) is 22.7 Å². The predicted octanol–water partition coefficient (Wildman–Crippen LogP) is 2.94. The summed E-state index contributed by atoms with van der Waals surface area (Å²) in [5.41, 5.74) is 6.84. The van der Waals surface area contributed by atoms with Crippen LogP contribution in [0.1, 0.15) is 6.42 Å². The van der Waals surface area contributed by atoms with Crippen molar-refractivity contribution in [3.63, 3.8) is 0 Å². The van der Waals surface area contributed by atoms with Gasteiger partial charge in [-0.3, -0.25) is 0 Å². The molecule has 4 heteroatoms. The minimum absolute atomic E-state index is 0.358. The summed E-state index contributed by atoms with van der Waals surface area (Å²) in [5, 5.41) is 3.45. The SMILES string of the molecule is CSCCC(CN)Nc1ccccc1Br. The van der Waals surface area contributed by atoms with Gasteiger partial charge in [-0.2, -0.15) is 11.8 Å². The van der Waals surface area contributed by atoms with Gasteiger partial charge in [0.15, 0.2) is 0 Å². The lowest BCUT2D eigenvalue weighted by Gasteiger charge is -2.18. The molecule has 0 aliphatic rings. The maximum atomic E-state index is 5.72. The Kier molecular flexibility index (Phi) is 6.13. The van der Waals surface area contributed by atoms with E-state index < -0.39 is 0 Å². The van der Waals surface area contributed by atoms with E-state index in [0.717, 1.165) is 22.3 Å². The second-order valence-corrected chi connectivity index (χ2v) is 5.18. The summed E-state index contributed by atoms with van der Waals surface area (Å²) in [5.74, 6) is 1.14. The number of thioether (sulfide) groups is 1. The summed E-state index contributed by atoms with van der Waals surface area (Å²) in [6.45, 7) is 0.669. The molecule has 2 nitrogen and oxygen atoms in total. The first-order valence-corrected chi connectivity index (χ1v) is 7.16. The first-order chi connectivity index (χ1) is 7.27. The van der Waals surface area contributed by atoms with Crippen LogP contribution in [-0.2, 0) is 0 Å². The fourth-order valence-corrected chi connectivity index (χ4v) is 2.23. The highest BCUT2D eigenvalue weighted by Crippen LogP contribution is 2.22. The molecule has 0 aliphatic carbocycles. The summed E-state index contributed by atoms with van der Waals surface area (Å²) in [7, 11) is 0. The second-order valence-electron chi connectivity index (χ2n) is 3.34. The third-order valence-electron chi connectivity index (χ3n) is 2.19. The minimum atomic E-state index is 0.358. The zero-order chi connectivity index (χ0) is 11.1. The van der Waals surface area contributed by atoms with Crippen LogP contribution in [-0.4, -0.2) is 24.6 Å². The van der Waals surface area contributed by atoms with E-state index in [1.54, 1.807) is 0 Å². The first-order valence-electron chi connectivity index (χ1n) is 4.98. The highest BCUT2D eigenvalue weighted by atomic mass is 79.9. The van der Waals surface area contributed by atoms with Crippen molar-refractivity contribution in [2.24, 2.45) is 5.73 Å². The first kappa shape index (κ1) is 12.9. The van der Waals surface area contributed by atoms with Gasteiger partial charge in [-0.05, 0) is 46.5 Å². The van der Waals surface area contributed by atoms with E-state index in [-0.39, 0.29) is 0 Å². The molecule has 0 bridgehead atoms. The second kappa shape index (κ2) is 7.14. The molecule has 0 spiro atoms. The Balaban J connectivity index is 2.54. The fraction of sp³-hybridized carbons (Fsp3) is 0.455. The molecule has 1 rings (SSSR count). The zero-order valence-electron chi connectivity index (χ0n) is 8.87. The molecular formula is C11H17BrN2S. The average Bonchev–Trinajstić information content (AvgIpc) is 2.26. The Morgan fingerprint density at radius 1 is 1.47 bits per heavy atom. The van der Waals surface area contributed by atoms with E-state index in [1.165, 1.54) is 0 Å². The number of hydrogen-bond donors (Lipinski definition) is 2. The van der Waals surface area contributed by atoms with E-state index in [4.69, 9.17) is 5.73 Å². The Hall–Kier alpha value is -0.190. The number of rotatable bonds is 6. The molecule has 3 N–H and O–H groups in total. The smallest absolute Gasteiger partial charge is 0.0487 e. The molecule has 0 aromatic heterocycles. The molecule has 0 aliphatic heterocycles. The Labute approximate surface area is 104 Å². The van der Waals surface area contributed by atoms with Gasteiger partial charge in [0.05, 0.1) is 0 Å². The van der Waals surface area contributed by atoms with Gasteiger partial charge < -0.3 is 11.1 Å². The molecule has 15 heavy (non-hydrogen) atoms. The van der Waals surface area contributed by atoms with E-state index in [1.807, 2.05) is 30.0 Å². The Morgan fingerprint density at radius 2 is 2.20 bits per heavy atom. The number of para-hydroxylation sites is 1. The van der Waals surface area contributed by atoms with E-state index in [2.05, 4.69) is 33.6 Å². The van der Waals surface area contributed by atoms with Gasteiger partial charge in [0.25, 0.3) is 0 Å². The van der Waals surface area contributed by atoms with Gasteiger partial charge in [-0.25, -0.2) is 0 Å². The van der Waals surface area contributed by atoms with Crippen LogP contribution in [0.2, 0.25) is 0 Å². The lowest BCUT2D eigenvalue weighted by atomic mass is 10.2. The fourth-order valence-electron chi connectivity index (χ4n) is 1.31. The topological polar surface area (TPSA) is 38.0 Å². The van der Waals surface area contributed by atoms with Crippen LogP contribution in [0, 0.1) is 0 Å².